The summed E-state index contributed by atoms with van der Waals surface area (Å²) in [6.07, 6.45) is 1.95. The molecule has 0 aliphatic carbocycles. The van der Waals surface area contributed by atoms with E-state index in [9.17, 15) is 0 Å². The molecule has 2 nitrogen and oxygen atoms in total. The zero-order valence-electron chi connectivity index (χ0n) is 6.40. The molecule has 0 spiro atoms. The standard InChI is InChI=1S/C6H11IN2Si/c1-10(2,3)6-5(7)4-8-9-6/h4H,1-3H3,(H,8,9). The van der Waals surface area contributed by atoms with Crippen molar-refractivity contribution in [2.75, 3.05) is 0 Å². The third-order valence-corrected chi connectivity index (χ3v) is 4.44. The second-order valence-corrected chi connectivity index (χ2v) is 9.47. The smallest absolute Gasteiger partial charge is 0.105 e. The molecule has 0 amide bonds. The van der Waals surface area contributed by atoms with Gasteiger partial charge < -0.3 is 0 Å². The van der Waals surface area contributed by atoms with E-state index in [1.54, 1.807) is 0 Å². The highest BCUT2D eigenvalue weighted by Crippen LogP contribution is 2.05. The summed E-state index contributed by atoms with van der Waals surface area (Å²) in [5.41, 5.74) is 0. The fourth-order valence-electron chi connectivity index (χ4n) is 0.801. The van der Waals surface area contributed by atoms with Crippen LogP contribution in [0, 0.1) is 3.57 Å². The predicted octanol–water partition coefficient (Wildman–Crippen LogP) is 1.56. The lowest BCUT2D eigenvalue weighted by Crippen LogP contribution is -2.40. The SMILES string of the molecule is C[Si](C)(C)c1n[nH]cc1I. The van der Waals surface area contributed by atoms with Crippen LogP contribution in [0.3, 0.4) is 0 Å². The molecule has 0 aliphatic heterocycles. The van der Waals surface area contributed by atoms with Gasteiger partial charge in [0.05, 0.1) is 5.32 Å². The molecule has 1 N–H and O–H groups in total. The molecule has 0 aliphatic rings. The zero-order valence-corrected chi connectivity index (χ0v) is 9.56. The number of hydrogen-bond donors (Lipinski definition) is 1. The average molecular weight is 266 g/mol. The monoisotopic (exact) mass is 266 g/mol. The lowest BCUT2D eigenvalue weighted by Gasteiger charge is -2.11. The van der Waals surface area contributed by atoms with Gasteiger partial charge >= 0.3 is 0 Å². The van der Waals surface area contributed by atoms with Crippen molar-refractivity contribution in [2.24, 2.45) is 0 Å². The molecule has 1 aromatic rings. The van der Waals surface area contributed by atoms with Gasteiger partial charge in [-0.15, -0.1) is 0 Å². The largest absolute Gasteiger partial charge is 0.285 e. The summed E-state index contributed by atoms with van der Waals surface area (Å²) in [4.78, 5) is 0. The Morgan fingerprint density at radius 1 is 1.50 bits per heavy atom. The minimum Gasteiger partial charge on any atom is -0.285 e. The Balaban J connectivity index is 3.05. The van der Waals surface area contributed by atoms with Gasteiger partial charge in [-0.25, -0.2) is 0 Å². The quantitative estimate of drug-likeness (QED) is 0.606. The summed E-state index contributed by atoms with van der Waals surface area (Å²) in [6, 6.07) is 0. The number of nitrogens with zero attached hydrogens (tertiary/aromatic N) is 1. The first-order valence-corrected chi connectivity index (χ1v) is 7.79. The topological polar surface area (TPSA) is 28.7 Å². The molecule has 1 heterocycles. The van der Waals surface area contributed by atoms with Crippen LogP contribution < -0.4 is 5.32 Å². The van der Waals surface area contributed by atoms with Crippen molar-refractivity contribution in [1.82, 2.24) is 10.2 Å². The van der Waals surface area contributed by atoms with E-state index in [0.29, 0.717) is 0 Å². The Morgan fingerprint density at radius 2 is 2.10 bits per heavy atom. The van der Waals surface area contributed by atoms with E-state index >= 15 is 0 Å². The second-order valence-electron chi connectivity index (χ2n) is 3.33. The molecule has 0 fully saturated rings. The molecule has 1 rings (SSSR count). The summed E-state index contributed by atoms with van der Waals surface area (Å²) in [5, 5.41) is 8.38. The Hall–Kier alpha value is 0.157. The molecule has 0 unspecified atom stereocenters. The van der Waals surface area contributed by atoms with E-state index in [1.165, 1.54) is 8.89 Å². The highest BCUT2D eigenvalue weighted by atomic mass is 127. The van der Waals surface area contributed by atoms with Gasteiger partial charge in [-0.2, -0.15) is 5.10 Å². The number of halogens is 1. The molecule has 0 radical (unpaired) electrons. The van der Waals surface area contributed by atoms with Crippen molar-refractivity contribution >= 4 is 36.0 Å². The first kappa shape index (κ1) is 8.26. The number of H-pyrrole nitrogens is 1. The maximum atomic E-state index is 4.22. The van der Waals surface area contributed by atoms with Gasteiger partial charge in [0.2, 0.25) is 0 Å². The van der Waals surface area contributed by atoms with Gasteiger partial charge in [-0.1, -0.05) is 19.6 Å². The maximum Gasteiger partial charge on any atom is 0.105 e. The van der Waals surface area contributed by atoms with Crippen LogP contribution in [0.2, 0.25) is 19.6 Å². The Bertz CT molecular complexity index is 226. The fourth-order valence-corrected chi connectivity index (χ4v) is 4.68. The normalized spacial score (nSPS) is 12.0. The minimum absolute atomic E-state index is 1.18. The van der Waals surface area contributed by atoms with Crippen LogP contribution >= 0.6 is 22.6 Å². The Morgan fingerprint density at radius 3 is 2.30 bits per heavy atom. The molecule has 0 atom stereocenters. The molecule has 0 bridgehead atoms. The van der Waals surface area contributed by atoms with Gasteiger partial charge in [-0.3, -0.25) is 5.10 Å². The lowest BCUT2D eigenvalue weighted by molar-refractivity contribution is 1.11. The van der Waals surface area contributed by atoms with Gasteiger partial charge in [0, 0.05) is 9.77 Å². The maximum absolute atomic E-state index is 4.22. The number of rotatable bonds is 1. The lowest BCUT2D eigenvalue weighted by atomic mass is 10.7. The van der Waals surface area contributed by atoms with Crippen LogP contribution in [0.4, 0.5) is 0 Å². The summed E-state index contributed by atoms with van der Waals surface area (Å²) in [5.74, 6) is 0. The number of hydrogen-bond acceptors (Lipinski definition) is 1. The van der Waals surface area contributed by atoms with Crippen LogP contribution in [0.5, 0.6) is 0 Å². The fraction of sp³-hybridized carbons (Fsp3) is 0.500. The summed E-state index contributed by atoms with van der Waals surface area (Å²) < 4.78 is 1.27. The average Bonchev–Trinajstić information content (AvgIpc) is 2.11. The Labute approximate surface area is 75.6 Å². The third-order valence-electron chi connectivity index (χ3n) is 1.30. The summed E-state index contributed by atoms with van der Waals surface area (Å²) in [6.45, 7) is 6.89. The second kappa shape index (κ2) is 2.65. The molecule has 0 saturated heterocycles. The van der Waals surface area contributed by atoms with Crippen molar-refractivity contribution in [1.29, 1.82) is 0 Å². The van der Waals surface area contributed by atoms with Crippen LogP contribution in [-0.2, 0) is 0 Å². The van der Waals surface area contributed by atoms with Gasteiger partial charge in [0.1, 0.15) is 8.07 Å². The number of aromatic amines is 1. The van der Waals surface area contributed by atoms with Crippen molar-refractivity contribution < 1.29 is 0 Å². The van der Waals surface area contributed by atoms with Crippen LogP contribution in [0.25, 0.3) is 0 Å². The highest BCUT2D eigenvalue weighted by molar-refractivity contribution is 14.1. The van der Waals surface area contributed by atoms with E-state index in [1.807, 2.05) is 6.20 Å². The molecule has 0 aromatic carbocycles. The van der Waals surface area contributed by atoms with Gasteiger partial charge in [-0.05, 0) is 22.6 Å². The van der Waals surface area contributed by atoms with E-state index in [-0.39, 0.29) is 0 Å². The molecular weight excluding hydrogens is 255 g/mol. The predicted molar refractivity (Wildman–Crippen MR) is 54.3 cm³/mol. The molecular formula is C6H11IN2Si. The minimum atomic E-state index is -1.18. The van der Waals surface area contributed by atoms with E-state index in [4.69, 9.17) is 0 Å². The molecule has 56 valence electrons. The summed E-state index contributed by atoms with van der Waals surface area (Å²) in [7, 11) is -1.18. The van der Waals surface area contributed by atoms with E-state index in [0.717, 1.165) is 0 Å². The van der Waals surface area contributed by atoms with Crippen molar-refractivity contribution in [3.8, 4) is 0 Å². The van der Waals surface area contributed by atoms with Crippen molar-refractivity contribution in [3.05, 3.63) is 9.77 Å². The molecule has 10 heavy (non-hydrogen) atoms. The first-order chi connectivity index (χ1) is 4.52. The first-order valence-electron chi connectivity index (χ1n) is 3.21. The van der Waals surface area contributed by atoms with Gasteiger partial charge in [0.15, 0.2) is 0 Å². The molecule has 1 aromatic heterocycles. The van der Waals surface area contributed by atoms with Crippen molar-refractivity contribution in [3.63, 3.8) is 0 Å². The van der Waals surface area contributed by atoms with Gasteiger partial charge in [0.25, 0.3) is 0 Å². The van der Waals surface area contributed by atoms with Crippen molar-refractivity contribution in [2.45, 2.75) is 19.6 Å². The van der Waals surface area contributed by atoms with Crippen LogP contribution in [-0.4, -0.2) is 18.3 Å². The van der Waals surface area contributed by atoms with E-state index < -0.39 is 8.07 Å². The van der Waals surface area contributed by atoms with E-state index in [2.05, 4.69) is 52.4 Å². The van der Waals surface area contributed by atoms with Crippen LogP contribution in [0.15, 0.2) is 6.20 Å². The number of nitrogens with one attached hydrogen (secondary N) is 1. The third kappa shape index (κ3) is 1.60. The molecule has 0 saturated carbocycles. The summed E-state index contributed by atoms with van der Waals surface area (Å²) >= 11 is 2.32. The Kier molecular flexibility index (Phi) is 2.19. The zero-order chi connectivity index (χ0) is 7.78. The number of aromatic nitrogens is 2. The molecule has 4 heteroatoms. The van der Waals surface area contributed by atoms with Crippen LogP contribution in [0.1, 0.15) is 0 Å². The highest BCUT2D eigenvalue weighted by Gasteiger charge is 2.21.